The fraction of sp³-hybridized carbons (Fsp3) is 0.562. The van der Waals surface area contributed by atoms with Gasteiger partial charge in [0.1, 0.15) is 0 Å². The van der Waals surface area contributed by atoms with Gasteiger partial charge in [-0.05, 0) is 37.4 Å². The van der Waals surface area contributed by atoms with E-state index in [2.05, 4.69) is 19.2 Å². The van der Waals surface area contributed by atoms with E-state index in [1.165, 1.54) is 6.42 Å². The summed E-state index contributed by atoms with van der Waals surface area (Å²) in [6, 6.07) is 10.0. The average molecular weight is 260 g/mol. The predicted octanol–water partition coefficient (Wildman–Crippen LogP) is 2.54. The largest absolute Gasteiger partial charge is 0.337 e. The van der Waals surface area contributed by atoms with Crippen LogP contribution in [0.2, 0.25) is 0 Å². The van der Waals surface area contributed by atoms with E-state index in [-0.39, 0.29) is 5.91 Å². The molecule has 0 radical (unpaired) electrons. The third kappa shape index (κ3) is 3.80. The minimum absolute atomic E-state index is 0.162. The minimum Gasteiger partial charge on any atom is -0.337 e. The van der Waals surface area contributed by atoms with Crippen LogP contribution in [0.3, 0.4) is 0 Å². The average Bonchev–Trinajstić information content (AvgIpc) is 2.44. The van der Waals surface area contributed by atoms with Crippen LogP contribution in [0.4, 0.5) is 0 Å². The number of benzene rings is 1. The maximum absolute atomic E-state index is 12.5. The number of rotatable bonds is 4. The zero-order valence-electron chi connectivity index (χ0n) is 11.9. The SMILES string of the molecule is CCCNC1CC(C)CN(C(=O)c2ccccc2)C1. The molecule has 3 heteroatoms. The van der Waals surface area contributed by atoms with E-state index < -0.39 is 0 Å². The number of hydrogen-bond donors (Lipinski definition) is 1. The molecule has 1 fully saturated rings. The highest BCUT2D eigenvalue weighted by atomic mass is 16.2. The lowest BCUT2D eigenvalue weighted by Gasteiger charge is -2.37. The molecule has 19 heavy (non-hydrogen) atoms. The van der Waals surface area contributed by atoms with Gasteiger partial charge in [-0.1, -0.05) is 32.0 Å². The van der Waals surface area contributed by atoms with Crippen LogP contribution in [0.25, 0.3) is 0 Å². The van der Waals surface area contributed by atoms with Crippen molar-refractivity contribution >= 4 is 5.91 Å². The Hall–Kier alpha value is -1.35. The van der Waals surface area contributed by atoms with E-state index in [9.17, 15) is 4.79 Å². The first-order valence-corrected chi connectivity index (χ1v) is 7.28. The zero-order valence-corrected chi connectivity index (χ0v) is 11.9. The van der Waals surface area contributed by atoms with Crippen molar-refractivity contribution in [1.29, 1.82) is 0 Å². The third-order valence-corrected chi connectivity index (χ3v) is 3.65. The number of amides is 1. The van der Waals surface area contributed by atoms with E-state index in [1.54, 1.807) is 0 Å². The molecule has 0 aromatic heterocycles. The number of nitrogens with zero attached hydrogens (tertiary/aromatic N) is 1. The fourth-order valence-electron chi connectivity index (χ4n) is 2.78. The van der Waals surface area contributed by atoms with E-state index in [4.69, 9.17) is 0 Å². The summed E-state index contributed by atoms with van der Waals surface area (Å²) in [6.07, 6.45) is 2.30. The Labute approximate surface area is 116 Å². The molecular formula is C16H24N2O. The summed E-state index contributed by atoms with van der Waals surface area (Å²) in [7, 11) is 0. The molecule has 1 aromatic carbocycles. The van der Waals surface area contributed by atoms with Crippen molar-refractivity contribution in [3.05, 3.63) is 35.9 Å². The molecule has 0 bridgehead atoms. The normalized spacial score (nSPS) is 23.4. The highest BCUT2D eigenvalue weighted by Gasteiger charge is 2.27. The van der Waals surface area contributed by atoms with Crippen LogP contribution in [-0.4, -0.2) is 36.5 Å². The summed E-state index contributed by atoms with van der Waals surface area (Å²) in [4.78, 5) is 14.5. The minimum atomic E-state index is 0.162. The molecule has 0 saturated carbocycles. The van der Waals surface area contributed by atoms with Gasteiger partial charge in [0.2, 0.25) is 0 Å². The Morgan fingerprint density at radius 2 is 2.05 bits per heavy atom. The Morgan fingerprint density at radius 3 is 2.74 bits per heavy atom. The van der Waals surface area contributed by atoms with Crippen molar-refractivity contribution in [1.82, 2.24) is 10.2 Å². The van der Waals surface area contributed by atoms with Crippen LogP contribution >= 0.6 is 0 Å². The van der Waals surface area contributed by atoms with E-state index in [0.717, 1.165) is 31.6 Å². The Bertz CT molecular complexity index is 404. The summed E-state index contributed by atoms with van der Waals surface area (Å²) in [5.41, 5.74) is 0.797. The van der Waals surface area contributed by atoms with Gasteiger partial charge in [0.25, 0.3) is 5.91 Å². The first-order valence-electron chi connectivity index (χ1n) is 7.28. The molecule has 0 spiro atoms. The quantitative estimate of drug-likeness (QED) is 0.902. The smallest absolute Gasteiger partial charge is 0.253 e. The molecule has 2 unspecified atom stereocenters. The number of carbonyl (C=O) groups is 1. The van der Waals surface area contributed by atoms with E-state index >= 15 is 0 Å². The summed E-state index contributed by atoms with van der Waals surface area (Å²) in [5, 5.41) is 3.54. The Balaban J connectivity index is 2.01. The van der Waals surface area contributed by atoms with E-state index in [0.29, 0.717) is 12.0 Å². The van der Waals surface area contributed by atoms with Gasteiger partial charge in [-0.3, -0.25) is 4.79 Å². The van der Waals surface area contributed by atoms with Gasteiger partial charge in [-0.25, -0.2) is 0 Å². The molecule has 1 heterocycles. The molecule has 104 valence electrons. The van der Waals surface area contributed by atoms with Gasteiger partial charge in [-0.15, -0.1) is 0 Å². The van der Waals surface area contributed by atoms with Gasteiger partial charge in [0, 0.05) is 24.7 Å². The van der Waals surface area contributed by atoms with Crippen LogP contribution in [0, 0.1) is 5.92 Å². The highest BCUT2D eigenvalue weighted by Crippen LogP contribution is 2.18. The Morgan fingerprint density at radius 1 is 1.32 bits per heavy atom. The first kappa shape index (κ1) is 14.1. The topological polar surface area (TPSA) is 32.3 Å². The Kier molecular flexibility index (Phi) is 4.97. The van der Waals surface area contributed by atoms with E-state index in [1.807, 2.05) is 35.2 Å². The predicted molar refractivity (Wildman–Crippen MR) is 78.2 cm³/mol. The molecule has 1 aliphatic heterocycles. The third-order valence-electron chi connectivity index (χ3n) is 3.65. The second-order valence-electron chi connectivity index (χ2n) is 5.57. The molecule has 1 amide bonds. The number of hydrogen-bond acceptors (Lipinski definition) is 2. The van der Waals surface area contributed by atoms with Crippen LogP contribution < -0.4 is 5.32 Å². The molecule has 1 saturated heterocycles. The summed E-state index contributed by atoms with van der Waals surface area (Å²) < 4.78 is 0. The van der Waals surface area contributed by atoms with Crippen molar-refractivity contribution in [2.75, 3.05) is 19.6 Å². The fourth-order valence-corrected chi connectivity index (χ4v) is 2.78. The lowest BCUT2D eigenvalue weighted by Crippen LogP contribution is -2.50. The van der Waals surface area contributed by atoms with Crippen molar-refractivity contribution in [3.8, 4) is 0 Å². The summed E-state index contributed by atoms with van der Waals surface area (Å²) in [6.45, 7) is 7.14. The zero-order chi connectivity index (χ0) is 13.7. The number of piperidine rings is 1. The van der Waals surface area contributed by atoms with Crippen molar-refractivity contribution < 1.29 is 4.79 Å². The second kappa shape index (κ2) is 6.71. The number of likely N-dealkylation sites (tertiary alicyclic amines) is 1. The van der Waals surface area contributed by atoms with Crippen molar-refractivity contribution in [3.63, 3.8) is 0 Å². The maximum Gasteiger partial charge on any atom is 0.253 e. The summed E-state index contributed by atoms with van der Waals surface area (Å²) >= 11 is 0. The van der Waals surface area contributed by atoms with Gasteiger partial charge >= 0.3 is 0 Å². The number of nitrogens with one attached hydrogen (secondary N) is 1. The van der Waals surface area contributed by atoms with Gasteiger partial charge < -0.3 is 10.2 Å². The molecular weight excluding hydrogens is 236 g/mol. The molecule has 1 aromatic rings. The molecule has 3 nitrogen and oxygen atoms in total. The second-order valence-corrected chi connectivity index (χ2v) is 5.57. The lowest BCUT2D eigenvalue weighted by molar-refractivity contribution is 0.0641. The standard InChI is InChI=1S/C16H24N2O/c1-3-9-17-15-10-13(2)11-18(12-15)16(19)14-7-5-4-6-8-14/h4-8,13,15,17H,3,9-12H2,1-2H3. The molecule has 0 aliphatic carbocycles. The van der Waals surface area contributed by atoms with Gasteiger partial charge in [-0.2, -0.15) is 0 Å². The highest BCUT2D eigenvalue weighted by molar-refractivity contribution is 5.94. The lowest BCUT2D eigenvalue weighted by atomic mass is 9.95. The maximum atomic E-state index is 12.5. The molecule has 1 aliphatic rings. The van der Waals surface area contributed by atoms with Crippen LogP contribution in [0.5, 0.6) is 0 Å². The van der Waals surface area contributed by atoms with Crippen molar-refractivity contribution in [2.45, 2.75) is 32.7 Å². The molecule has 2 atom stereocenters. The van der Waals surface area contributed by atoms with Crippen LogP contribution in [-0.2, 0) is 0 Å². The van der Waals surface area contributed by atoms with Crippen LogP contribution in [0.1, 0.15) is 37.0 Å². The number of carbonyl (C=O) groups excluding carboxylic acids is 1. The van der Waals surface area contributed by atoms with Gasteiger partial charge in [0.05, 0.1) is 0 Å². The molecule has 2 rings (SSSR count). The van der Waals surface area contributed by atoms with Gasteiger partial charge in [0.15, 0.2) is 0 Å². The van der Waals surface area contributed by atoms with Crippen LogP contribution in [0.15, 0.2) is 30.3 Å². The first-order chi connectivity index (χ1) is 9.20. The van der Waals surface area contributed by atoms with Crippen molar-refractivity contribution in [2.24, 2.45) is 5.92 Å². The summed E-state index contributed by atoms with van der Waals surface area (Å²) in [5.74, 6) is 0.728. The monoisotopic (exact) mass is 260 g/mol. The molecule has 1 N–H and O–H groups in total.